The zero-order chi connectivity index (χ0) is 17.1. The minimum absolute atomic E-state index is 0.159. The maximum absolute atomic E-state index is 12.3. The van der Waals surface area contributed by atoms with E-state index in [1.807, 2.05) is 20.8 Å². The van der Waals surface area contributed by atoms with Gasteiger partial charge in [0, 0.05) is 27.1 Å². The highest BCUT2D eigenvalue weighted by molar-refractivity contribution is 8.00. The topological polar surface area (TPSA) is 54.9 Å². The van der Waals surface area contributed by atoms with Gasteiger partial charge in [-0.1, -0.05) is 35.0 Å². The monoisotopic (exact) mass is 369 g/mol. The molecule has 2 aromatic rings. The summed E-state index contributed by atoms with van der Waals surface area (Å²) in [5.74, 6) is -0.159. The molecule has 1 N–H and O–H groups in total. The fourth-order valence-corrected chi connectivity index (χ4v) is 3.26. The highest BCUT2D eigenvalue weighted by Crippen LogP contribution is 2.25. The van der Waals surface area contributed by atoms with Crippen molar-refractivity contribution in [3.05, 3.63) is 45.2 Å². The quantitative estimate of drug-likeness (QED) is 0.619. The van der Waals surface area contributed by atoms with Gasteiger partial charge >= 0.3 is 0 Å². The number of aromatic nitrogens is 2. The first-order valence-corrected chi connectivity index (χ1v) is 8.65. The smallest absolute Gasteiger partial charge is 0.237 e. The van der Waals surface area contributed by atoms with Gasteiger partial charge in [-0.2, -0.15) is 0 Å². The molecule has 0 fully saturated rings. The molecule has 122 valence electrons. The predicted molar refractivity (Wildman–Crippen MR) is 96.7 cm³/mol. The van der Waals surface area contributed by atoms with Crippen LogP contribution in [0.1, 0.15) is 23.9 Å². The fourth-order valence-electron chi connectivity index (χ4n) is 1.88. The molecule has 1 aromatic heterocycles. The Hall–Kier alpha value is -1.30. The molecule has 2 rings (SSSR count). The van der Waals surface area contributed by atoms with Crippen molar-refractivity contribution in [1.29, 1.82) is 0 Å². The van der Waals surface area contributed by atoms with Gasteiger partial charge in [0.2, 0.25) is 5.91 Å². The molecule has 0 spiro atoms. The Morgan fingerprint density at radius 1 is 1.09 bits per heavy atom. The van der Waals surface area contributed by atoms with E-state index in [0.717, 1.165) is 17.0 Å². The number of hydrogen-bond donors (Lipinski definition) is 1. The van der Waals surface area contributed by atoms with Gasteiger partial charge in [-0.25, -0.2) is 9.97 Å². The van der Waals surface area contributed by atoms with Crippen LogP contribution in [0.5, 0.6) is 0 Å². The van der Waals surface area contributed by atoms with E-state index in [2.05, 4.69) is 15.3 Å². The average Bonchev–Trinajstić information content (AvgIpc) is 2.43. The van der Waals surface area contributed by atoms with Crippen molar-refractivity contribution >= 4 is 46.6 Å². The zero-order valence-electron chi connectivity index (χ0n) is 13.3. The highest BCUT2D eigenvalue weighted by atomic mass is 35.5. The molecule has 0 radical (unpaired) electrons. The van der Waals surface area contributed by atoms with Gasteiger partial charge in [0.05, 0.1) is 5.25 Å². The van der Waals surface area contributed by atoms with Crippen molar-refractivity contribution in [1.82, 2.24) is 9.97 Å². The molecular weight excluding hydrogens is 353 g/mol. The molecule has 4 nitrogen and oxygen atoms in total. The first-order valence-electron chi connectivity index (χ1n) is 7.01. The summed E-state index contributed by atoms with van der Waals surface area (Å²) in [6.07, 6.45) is 0. The van der Waals surface area contributed by atoms with Gasteiger partial charge in [0.1, 0.15) is 0 Å². The number of halogens is 2. The summed E-state index contributed by atoms with van der Waals surface area (Å²) in [6, 6.07) is 4.92. The van der Waals surface area contributed by atoms with Gasteiger partial charge in [-0.3, -0.25) is 4.79 Å². The Morgan fingerprint density at radius 3 is 2.13 bits per heavy atom. The first kappa shape index (κ1) is 18.0. The number of hydrogen-bond acceptors (Lipinski definition) is 4. The number of nitrogens with zero attached hydrogens (tertiary/aromatic N) is 2. The van der Waals surface area contributed by atoms with Gasteiger partial charge in [0.15, 0.2) is 5.16 Å². The third-order valence-corrected chi connectivity index (χ3v) is 4.79. The number of benzene rings is 1. The van der Waals surface area contributed by atoms with Crippen molar-refractivity contribution in [2.24, 2.45) is 0 Å². The number of anilines is 1. The van der Waals surface area contributed by atoms with Gasteiger partial charge in [0.25, 0.3) is 0 Å². The van der Waals surface area contributed by atoms with E-state index in [9.17, 15) is 4.79 Å². The van der Waals surface area contributed by atoms with Crippen LogP contribution in [0.15, 0.2) is 23.4 Å². The van der Waals surface area contributed by atoms with Gasteiger partial charge < -0.3 is 5.32 Å². The summed E-state index contributed by atoms with van der Waals surface area (Å²) in [6.45, 7) is 7.66. The normalized spacial score (nSPS) is 12.1. The lowest BCUT2D eigenvalue weighted by atomic mass is 10.2. The van der Waals surface area contributed by atoms with E-state index < -0.39 is 0 Å². The van der Waals surface area contributed by atoms with Crippen LogP contribution in [0.4, 0.5) is 5.69 Å². The van der Waals surface area contributed by atoms with Crippen LogP contribution in [0.25, 0.3) is 0 Å². The standard InChI is InChI=1S/C16H17Cl2N3OS/c1-8-9(2)19-16(20-10(8)3)23-11(4)15(22)21-14-6-12(17)5-13(18)7-14/h5-7,11H,1-4H3,(H,21,22)/t11-/m0/s1. The Kier molecular flexibility index (Phi) is 5.89. The van der Waals surface area contributed by atoms with Crippen LogP contribution in [-0.2, 0) is 4.79 Å². The molecule has 0 saturated carbocycles. The number of carbonyl (C=O) groups excluding carboxylic acids is 1. The van der Waals surface area contributed by atoms with Crippen molar-refractivity contribution in [2.75, 3.05) is 5.32 Å². The number of thioether (sulfide) groups is 1. The minimum Gasteiger partial charge on any atom is -0.325 e. The Bertz CT molecular complexity index is 709. The summed E-state index contributed by atoms with van der Waals surface area (Å²) in [4.78, 5) is 21.1. The number of amides is 1. The maximum Gasteiger partial charge on any atom is 0.237 e. The third kappa shape index (κ3) is 4.83. The molecule has 7 heteroatoms. The zero-order valence-corrected chi connectivity index (χ0v) is 15.6. The van der Waals surface area contributed by atoms with E-state index in [-0.39, 0.29) is 11.2 Å². The summed E-state index contributed by atoms with van der Waals surface area (Å²) in [7, 11) is 0. The van der Waals surface area contributed by atoms with Gasteiger partial charge in [-0.05, 0) is 51.5 Å². The van der Waals surface area contributed by atoms with Crippen molar-refractivity contribution in [3.63, 3.8) is 0 Å². The maximum atomic E-state index is 12.3. The molecule has 0 aliphatic carbocycles. The second kappa shape index (κ2) is 7.51. The van der Waals surface area contributed by atoms with E-state index >= 15 is 0 Å². The number of aryl methyl sites for hydroxylation is 2. The van der Waals surface area contributed by atoms with Gasteiger partial charge in [-0.15, -0.1) is 0 Å². The summed E-state index contributed by atoms with van der Waals surface area (Å²) < 4.78 is 0. The molecule has 0 aliphatic heterocycles. The lowest BCUT2D eigenvalue weighted by molar-refractivity contribution is -0.115. The van der Waals surface area contributed by atoms with Crippen LogP contribution in [0.3, 0.4) is 0 Å². The number of nitrogens with one attached hydrogen (secondary N) is 1. The first-order chi connectivity index (χ1) is 10.8. The molecule has 0 bridgehead atoms. The molecular formula is C16H17Cl2N3OS. The minimum atomic E-state index is -0.353. The lowest BCUT2D eigenvalue weighted by Gasteiger charge is -2.13. The highest BCUT2D eigenvalue weighted by Gasteiger charge is 2.17. The summed E-state index contributed by atoms with van der Waals surface area (Å²) in [5, 5.41) is 3.99. The van der Waals surface area contributed by atoms with E-state index in [1.165, 1.54) is 11.8 Å². The Morgan fingerprint density at radius 2 is 1.61 bits per heavy atom. The van der Waals surface area contributed by atoms with Crippen molar-refractivity contribution < 1.29 is 4.79 Å². The third-order valence-electron chi connectivity index (χ3n) is 3.39. The van der Waals surface area contributed by atoms with Crippen LogP contribution < -0.4 is 5.32 Å². The molecule has 23 heavy (non-hydrogen) atoms. The van der Waals surface area contributed by atoms with Crippen molar-refractivity contribution in [2.45, 2.75) is 38.1 Å². The average molecular weight is 370 g/mol. The van der Waals surface area contributed by atoms with E-state index in [0.29, 0.717) is 20.9 Å². The van der Waals surface area contributed by atoms with Crippen LogP contribution >= 0.6 is 35.0 Å². The largest absolute Gasteiger partial charge is 0.325 e. The molecule has 1 atom stereocenters. The molecule has 0 aliphatic rings. The lowest BCUT2D eigenvalue weighted by Crippen LogP contribution is -2.22. The second-order valence-corrected chi connectivity index (χ2v) is 7.39. The number of rotatable bonds is 4. The summed E-state index contributed by atoms with van der Waals surface area (Å²) in [5.41, 5.74) is 3.49. The molecule has 0 saturated heterocycles. The SMILES string of the molecule is Cc1nc(S[C@@H](C)C(=O)Nc2cc(Cl)cc(Cl)c2)nc(C)c1C. The molecule has 1 aromatic carbocycles. The van der Waals surface area contributed by atoms with Crippen molar-refractivity contribution in [3.8, 4) is 0 Å². The van der Waals surface area contributed by atoms with E-state index in [4.69, 9.17) is 23.2 Å². The Labute approximate surface area is 150 Å². The van der Waals surface area contributed by atoms with Crippen LogP contribution in [0, 0.1) is 20.8 Å². The molecule has 1 heterocycles. The predicted octanol–water partition coefficient (Wildman–Crippen LogP) is 4.83. The summed E-state index contributed by atoms with van der Waals surface area (Å²) >= 11 is 13.2. The fraction of sp³-hybridized carbons (Fsp3) is 0.312. The van der Waals surface area contributed by atoms with E-state index in [1.54, 1.807) is 25.1 Å². The molecule has 1 amide bonds. The number of carbonyl (C=O) groups is 1. The Balaban J connectivity index is 2.08. The second-order valence-electron chi connectivity index (χ2n) is 5.21. The van der Waals surface area contributed by atoms with Crippen LogP contribution in [-0.4, -0.2) is 21.1 Å². The van der Waals surface area contributed by atoms with Crippen LogP contribution in [0.2, 0.25) is 10.0 Å². The molecule has 0 unspecified atom stereocenters.